The van der Waals surface area contributed by atoms with Crippen molar-refractivity contribution in [1.82, 2.24) is 4.90 Å². The molecule has 0 fully saturated rings. The van der Waals surface area contributed by atoms with Crippen LogP contribution in [0, 0.1) is 0 Å². The minimum absolute atomic E-state index is 0.0395. The molecule has 0 rings (SSSR count). The van der Waals surface area contributed by atoms with Crippen molar-refractivity contribution in [3.8, 4) is 0 Å². The van der Waals surface area contributed by atoms with Gasteiger partial charge in [-0.3, -0.25) is 4.90 Å². The molecule has 0 amide bonds. The molecule has 10 heteroatoms. The van der Waals surface area contributed by atoms with Gasteiger partial charge in [-0.05, 0) is 64.2 Å². The Hall–Kier alpha value is -0.850. The number of nitrogens with two attached hydrogens (primary N) is 1. The maximum Gasteiger partial charge on any atom is 0.239 e. The molecule has 9 nitrogen and oxygen atoms in total. The molecule has 0 aliphatic rings. The van der Waals surface area contributed by atoms with Gasteiger partial charge in [-0.1, -0.05) is 154 Å². The summed E-state index contributed by atoms with van der Waals surface area (Å²) >= 11 is 0. The van der Waals surface area contributed by atoms with Gasteiger partial charge in [0.2, 0.25) is 15.5 Å². The fourth-order valence-corrected chi connectivity index (χ4v) is 7.64. The third-order valence-electron chi connectivity index (χ3n) is 10.2. The highest BCUT2D eigenvalue weighted by Crippen LogP contribution is 2.15. The minimum atomic E-state index is -4.06. The Labute approximate surface area is 340 Å². The maximum absolute atomic E-state index is 12.7. The van der Waals surface area contributed by atoms with E-state index in [1.54, 1.807) is 0 Å². The van der Waals surface area contributed by atoms with Gasteiger partial charge in [0.15, 0.2) is 0 Å². The first-order valence-corrected chi connectivity index (χ1v) is 24.6. The van der Waals surface area contributed by atoms with Gasteiger partial charge in [-0.2, -0.15) is 0 Å². The van der Waals surface area contributed by atoms with Crippen LogP contribution in [-0.2, 0) is 24.2 Å². The Bertz CT molecular complexity index is 928. The lowest BCUT2D eigenvalue weighted by molar-refractivity contribution is -0.0803. The summed E-state index contributed by atoms with van der Waals surface area (Å²) in [6.07, 6.45) is 42.7. The van der Waals surface area contributed by atoms with Crippen LogP contribution in [0.25, 0.3) is 0 Å². The molecule has 328 valence electrons. The molecule has 0 aromatic rings. The summed E-state index contributed by atoms with van der Waals surface area (Å²) in [5.41, 5.74) is -1.32. The largest absolute Gasteiger partial charge is 0.395 e. The summed E-state index contributed by atoms with van der Waals surface area (Å²) in [6.45, 7) is 6.74. The molecule has 0 saturated heterocycles. The highest BCUT2D eigenvalue weighted by molar-refractivity contribution is 7.89. The quantitative estimate of drug-likeness (QED) is 0.0410. The third-order valence-corrected chi connectivity index (χ3v) is 11.3. The van der Waals surface area contributed by atoms with E-state index >= 15 is 0 Å². The number of primary sulfonamides is 1. The minimum Gasteiger partial charge on any atom is -0.395 e. The number of aliphatic hydroxyl groups is 2. The van der Waals surface area contributed by atoms with Crippen LogP contribution in [0.2, 0.25) is 0 Å². The molecule has 0 aromatic carbocycles. The predicted molar refractivity (Wildman–Crippen MR) is 233 cm³/mol. The van der Waals surface area contributed by atoms with Crippen LogP contribution >= 0.6 is 0 Å². The third kappa shape index (κ3) is 38.4. The summed E-state index contributed by atoms with van der Waals surface area (Å²) in [5.74, 6) is 0. The van der Waals surface area contributed by atoms with E-state index in [0.717, 1.165) is 44.9 Å². The average molecular weight is 803 g/mol. The second-order valence-corrected chi connectivity index (χ2v) is 17.1. The van der Waals surface area contributed by atoms with E-state index in [4.69, 9.17) is 19.3 Å². The van der Waals surface area contributed by atoms with Crippen molar-refractivity contribution < 1.29 is 32.8 Å². The Morgan fingerprint density at radius 1 is 0.509 bits per heavy atom. The molecule has 0 heterocycles. The zero-order chi connectivity index (χ0) is 40.3. The fraction of sp³-hybridized carbons (Fsp3) is 0.911. The summed E-state index contributed by atoms with van der Waals surface area (Å²) in [6, 6.07) is 0. The van der Waals surface area contributed by atoms with Crippen LogP contribution in [0.3, 0.4) is 0 Å². The molecule has 0 aliphatic carbocycles. The lowest BCUT2D eigenvalue weighted by Gasteiger charge is -2.27. The number of hydrogen-bond donors (Lipinski definition) is 3. The van der Waals surface area contributed by atoms with Crippen molar-refractivity contribution in [1.29, 1.82) is 0 Å². The molecule has 55 heavy (non-hydrogen) atoms. The van der Waals surface area contributed by atoms with Gasteiger partial charge in [0, 0.05) is 32.8 Å². The van der Waals surface area contributed by atoms with Crippen molar-refractivity contribution in [2.45, 2.75) is 205 Å². The number of sulfonamides is 1. The number of nitrogens with zero attached hydrogens (tertiary/aromatic N) is 1. The van der Waals surface area contributed by atoms with Crippen LogP contribution in [0.1, 0.15) is 194 Å². The number of unbranched alkanes of at least 4 members (excludes halogenated alkanes) is 24. The second-order valence-electron chi connectivity index (χ2n) is 15.5. The van der Waals surface area contributed by atoms with Crippen molar-refractivity contribution in [2.24, 2.45) is 5.14 Å². The van der Waals surface area contributed by atoms with Crippen LogP contribution in [-0.4, -0.2) is 94.3 Å². The molecule has 4 N–H and O–H groups in total. The van der Waals surface area contributed by atoms with Gasteiger partial charge in [0.1, 0.15) is 6.10 Å². The smallest absolute Gasteiger partial charge is 0.239 e. The summed E-state index contributed by atoms with van der Waals surface area (Å²) in [4.78, 5) is 1.87. The van der Waals surface area contributed by atoms with Gasteiger partial charge < -0.3 is 24.4 Å². The maximum atomic E-state index is 12.7. The first kappa shape index (κ1) is 54.2. The van der Waals surface area contributed by atoms with Crippen LogP contribution in [0.5, 0.6) is 0 Å². The standard InChI is InChI=1S/C45H90N2O7S/c1-3-5-7-9-11-13-15-17-19-21-23-25-27-29-31-33-40-52-43-44(53-42-37-47(35-38-48)36-39-49)45(55(46,50)51)54-41-34-32-30-28-26-24-22-20-18-16-14-12-10-8-6-4-2/h17-20,44-45,48-49H,3-16,21-43H2,1-2H3,(H2,46,50,51)/b19-17-,20-18-. The lowest BCUT2D eigenvalue weighted by atomic mass is 10.1. The molecule has 2 atom stereocenters. The topological polar surface area (TPSA) is 132 Å². The Kier molecular flexibility index (Phi) is 42.1. The molecule has 0 saturated carbocycles. The molecule has 0 aliphatic heterocycles. The van der Waals surface area contributed by atoms with E-state index in [0.29, 0.717) is 26.2 Å². The van der Waals surface area contributed by atoms with Crippen LogP contribution < -0.4 is 5.14 Å². The van der Waals surface area contributed by atoms with Crippen molar-refractivity contribution >= 4 is 10.0 Å². The van der Waals surface area contributed by atoms with Gasteiger partial charge in [0.25, 0.3) is 0 Å². The number of allylic oxidation sites excluding steroid dienone is 4. The molecule has 0 radical (unpaired) electrons. The fourth-order valence-electron chi connectivity index (χ4n) is 6.77. The number of rotatable bonds is 45. The average Bonchev–Trinajstić information content (AvgIpc) is 3.16. The van der Waals surface area contributed by atoms with E-state index in [-0.39, 0.29) is 33.0 Å². The lowest BCUT2D eigenvalue weighted by Crippen LogP contribution is -2.46. The van der Waals surface area contributed by atoms with E-state index in [9.17, 15) is 18.6 Å². The van der Waals surface area contributed by atoms with Crippen LogP contribution in [0.15, 0.2) is 24.3 Å². The zero-order valence-electron chi connectivity index (χ0n) is 36.0. The molecular formula is C45H90N2O7S. The second kappa shape index (κ2) is 42.7. The molecule has 0 bridgehead atoms. The van der Waals surface area contributed by atoms with Gasteiger partial charge in [-0.25, -0.2) is 13.6 Å². The van der Waals surface area contributed by atoms with Gasteiger partial charge >= 0.3 is 0 Å². The Morgan fingerprint density at radius 2 is 0.891 bits per heavy atom. The molecular weight excluding hydrogens is 713 g/mol. The number of ether oxygens (including phenoxy) is 3. The molecule has 0 spiro atoms. The summed E-state index contributed by atoms with van der Waals surface area (Å²) in [5, 5.41) is 24.4. The van der Waals surface area contributed by atoms with E-state index in [1.807, 2.05) is 4.90 Å². The van der Waals surface area contributed by atoms with E-state index in [1.165, 1.54) is 135 Å². The van der Waals surface area contributed by atoms with Crippen molar-refractivity contribution in [2.75, 3.05) is 59.3 Å². The van der Waals surface area contributed by atoms with E-state index < -0.39 is 21.6 Å². The summed E-state index contributed by atoms with van der Waals surface area (Å²) < 4.78 is 43.3. The van der Waals surface area contributed by atoms with Crippen molar-refractivity contribution in [3.05, 3.63) is 24.3 Å². The zero-order valence-corrected chi connectivity index (χ0v) is 36.8. The molecule has 2 unspecified atom stereocenters. The molecule has 0 aromatic heterocycles. The predicted octanol–water partition coefficient (Wildman–Crippen LogP) is 10.4. The SMILES string of the molecule is CCCCCCCC/C=C\CCCCCCCCOCC(OCCN(CCO)CCO)C(OCCCCCCCC/C=C\CCCCCCCC)S(N)(=O)=O. The van der Waals surface area contributed by atoms with Crippen molar-refractivity contribution in [3.63, 3.8) is 0 Å². The van der Waals surface area contributed by atoms with Gasteiger partial charge in [0.05, 0.1) is 26.4 Å². The Morgan fingerprint density at radius 3 is 1.29 bits per heavy atom. The first-order chi connectivity index (χ1) is 26.9. The normalized spacial score (nSPS) is 13.6. The monoisotopic (exact) mass is 803 g/mol. The highest BCUT2D eigenvalue weighted by Gasteiger charge is 2.33. The highest BCUT2D eigenvalue weighted by atomic mass is 32.2. The first-order valence-electron chi connectivity index (χ1n) is 23.0. The summed E-state index contributed by atoms with van der Waals surface area (Å²) in [7, 11) is -4.06. The van der Waals surface area contributed by atoms with Crippen LogP contribution in [0.4, 0.5) is 0 Å². The number of hydrogen-bond acceptors (Lipinski definition) is 8. The Balaban J connectivity index is 4.45. The van der Waals surface area contributed by atoms with Gasteiger partial charge in [-0.15, -0.1) is 0 Å². The number of aliphatic hydroxyl groups excluding tert-OH is 2. The van der Waals surface area contributed by atoms with E-state index in [2.05, 4.69) is 38.2 Å².